The van der Waals surface area contributed by atoms with Crippen molar-refractivity contribution in [3.63, 3.8) is 0 Å². The average molecular weight is 249 g/mol. The van der Waals surface area contributed by atoms with E-state index in [9.17, 15) is 8.78 Å². The summed E-state index contributed by atoms with van der Waals surface area (Å²) < 4.78 is 28.6. The lowest BCUT2D eigenvalue weighted by Gasteiger charge is -2.11. The molecule has 0 aliphatic rings. The first-order valence-corrected chi connectivity index (χ1v) is 5.83. The Morgan fingerprint density at radius 1 is 1.38 bits per heavy atom. The van der Waals surface area contributed by atoms with Gasteiger partial charge in [-0.15, -0.1) is 11.6 Å². The lowest BCUT2D eigenvalue weighted by Crippen LogP contribution is -2.04. The maximum atomic E-state index is 12.1. The molecule has 0 spiro atoms. The standard InChI is InChI=1S/C12H15ClF2O/c1-2-10-8-9(4-3-7-13)5-6-11(10)16-12(14)15/h5-6,8,12H,2-4,7H2,1H3. The van der Waals surface area contributed by atoms with Crippen LogP contribution in [0.4, 0.5) is 8.78 Å². The van der Waals surface area contributed by atoms with Gasteiger partial charge < -0.3 is 4.74 Å². The third-order valence-corrected chi connectivity index (χ3v) is 2.59. The quantitative estimate of drug-likeness (QED) is 0.691. The summed E-state index contributed by atoms with van der Waals surface area (Å²) in [7, 11) is 0. The third kappa shape index (κ3) is 3.97. The van der Waals surface area contributed by atoms with Gasteiger partial charge in [0.1, 0.15) is 5.75 Å². The van der Waals surface area contributed by atoms with Gasteiger partial charge in [0.2, 0.25) is 0 Å². The summed E-state index contributed by atoms with van der Waals surface area (Å²) in [4.78, 5) is 0. The number of alkyl halides is 3. The van der Waals surface area contributed by atoms with Gasteiger partial charge in [-0.2, -0.15) is 8.78 Å². The van der Waals surface area contributed by atoms with Crippen molar-refractivity contribution in [2.75, 3.05) is 5.88 Å². The Labute approximate surface area is 99.4 Å². The van der Waals surface area contributed by atoms with E-state index in [-0.39, 0.29) is 5.75 Å². The molecule has 90 valence electrons. The van der Waals surface area contributed by atoms with Crippen molar-refractivity contribution in [3.8, 4) is 5.75 Å². The van der Waals surface area contributed by atoms with Gasteiger partial charge in [-0.1, -0.05) is 19.1 Å². The number of rotatable bonds is 6. The molecule has 0 fully saturated rings. The summed E-state index contributed by atoms with van der Waals surface area (Å²) in [6.45, 7) is -0.849. The van der Waals surface area contributed by atoms with Gasteiger partial charge in [-0.3, -0.25) is 0 Å². The van der Waals surface area contributed by atoms with E-state index < -0.39 is 6.61 Å². The molecule has 0 unspecified atom stereocenters. The van der Waals surface area contributed by atoms with E-state index in [4.69, 9.17) is 11.6 Å². The summed E-state index contributed by atoms with van der Waals surface area (Å²) in [5.74, 6) is 0.878. The first kappa shape index (κ1) is 13.2. The second kappa shape index (κ2) is 6.69. The Bertz CT molecular complexity index is 329. The van der Waals surface area contributed by atoms with Crippen LogP contribution in [0.3, 0.4) is 0 Å². The zero-order valence-electron chi connectivity index (χ0n) is 9.18. The van der Waals surface area contributed by atoms with E-state index in [1.54, 1.807) is 6.07 Å². The minimum absolute atomic E-state index is 0.270. The van der Waals surface area contributed by atoms with Crippen molar-refractivity contribution in [3.05, 3.63) is 29.3 Å². The van der Waals surface area contributed by atoms with Crippen molar-refractivity contribution in [2.45, 2.75) is 32.8 Å². The van der Waals surface area contributed by atoms with Crippen molar-refractivity contribution < 1.29 is 13.5 Å². The number of ether oxygens (including phenoxy) is 1. The summed E-state index contributed by atoms with van der Waals surface area (Å²) in [6.07, 6.45) is 2.43. The molecule has 0 saturated carbocycles. The normalized spacial score (nSPS) is 10.8. The van der Waals surface area contributed by atoms with Crippen LogP contribution in [0.1, 0.15) is 24.5 Å². The molecule has 0 amide bonds. The molecular weight excluding hydrogens is 234 g/mol. The van der Waals surface area contributed by atoms with Crippen LogP contribution in [0, 0.1) is 0 Å². The fourth-order valence-electron chi connectivity index (χ4n) is 1.55. The molecule has 1 nitrogen and oxygen atoms in total. The van der Waals surface area contributed by atoms with Gasteiger partial charge in [0.25, 0.3) is 0 Å². The Hall–Kier alpha value is -0.830. The summed E-state index contributed by atoms with van der Waals surface area (Å²) in [5, 5.41) is 0. The largest absolute Gasteiger partial charge is 0.435 e. The van der Waals surface area contributed by atoms with E-state index in [0.717, 1.165) is 24.0 Å². The molecule has 0 aliphatic carbocycles. The van der Waals surface area contributed by atoms with Crippen LogP contribution in [-0.4, -0.2) is 12.5 Å². The van der Waals surface area contributed by atoms with Gasteiger partial charge in [0, 0.05) is 5.88 Å². The Morgan fingerprint density at radius 2 is 2.12 bits per heavy atom. The Kier molecular flexibility index (Phi) is 5.53. The van der Waals surface area contributed by atoms with Crippen molar-refractivity contribution >= 4 is 11.6 Å². The highest BCUT2D eigenvalue weighted by molar-refractivity contribution is 6.17. The molecule has 4 heteroatoms. The number of aryl methyl sites for hydroxylation is 2. The number of benzene rings is 1. The second-order valence-electron chi connectivity index (χ2n) is 3.47. The highest BCUT2D eigenvalue weighted by Gasteiger charge is 2.09. The highest BCUT2D eigenvalue weighted by atomic mass is 35.5. The van der Waals surface area contributed by atoms with Crippen molar-refractivity contribution in [2.24, 2.45) is 0 Å². The molecule has 1 rings (SSSR count). The molecule has 0 aromatic heterocycles. The molecule has 0 radical (unpaired) electrons. The molecule has 1 aromatic carbocycles. The van der Waals surface area contributed by atoms with Crippen LogP contribution < -0.4 is 4.74 Å². The molecule has 0 bridgehead atoms. The van der Waals surface area contributed by atoms with E-state index in [1.807, 2.05) is 19.1 Å². The Morgan fingerprint density at radius 3 is 2.69 bits per heavy atom. The average Bonchev–Trinajstić information content (AvgIpc) is 2.27. The SMILES string of the molecule is CCc1cc(CCCCl)ccc1OC(F)F. The number of halogens is 3. The molecule has 0 atom stereocenters. The zero-order chi connectivity index (χ0) is 12.0. The van der Waals surface area contributed by atoms with E-state index >= 15 is 0 Å². The summed E-state index contributed by atoms with van der Waals surface area (Å²) >= 11 is 5.60. The Balaban J connectivity index is 2.79. The monoisotopic (exact) mass is 248 g/mol. The predicted octanol–water partition coefficient (Wildman–Crippen LogP) is 4.02. The molecule has 0 heterocycles. The molecular formula is C12H15ClF2O. The second-order valence-corrected chi connectivity index (χ2v) is 3.84. The first-order valence-electron chi connectivity index (χ1n) is 5.30. The van der Waals surface area contributed by atoms with Crippen molar-refractivity contribution in [1.29, 1.82) is 0 Å². The number of hydrogen-bond acceptors (Lipinski definition) is 1. The number of hydrogen-bond donors (Lipinski definition) is 0. The van der Waals surface area contributed by atoms with Gasteiger partial charge in [-0.25, -0.2) is 0 Å². The topological polar surface area (TPSA) is 9.23 Å². The third-order valence-electron chi connectivity index (χ3n) is 2.32. The molecule has 0 N–H and O–H groups in total. The predicted molar refractivity (Wildman–Crippen MR) is 61.5 cm³/mol. The smallest absolute Gasteiger partial charge is 0.387 e. The van der Waals surface area contributed by atoms with Gasteiger partial charge in [0.15, 0.2) is 0 Å². The van der Waals surface area contributed by atoms with E-state index in [0.29, 0.717) is 12.3 Å². The zero-order valence-corrected chi connectivity index (χ0v) is 9.94. The highest BCUT2D eigenvalue weighted by Crippen LogP contribution is 2.23. The van der Waals surface area contributed by atoms with E-state index in [2.05, 4.69) is 4.74 Å². The lowest BCUT2D eigenvalue weighted by molar-refractivity contribution is -0.0504. The maximum Gasteiger partial charge on any atom is 0.387 e. The van der Waals surface area contributed by atoms with Crippen molar-refractivity contribution in [1.82, 2.24) is 0 Å². The van der Waals surface area contributed by atoms with Crippen LogP contribution in [-0.2, 0) is 12.8 Å². The fraction of sp³-hybridized carbons (Fsp3) is 0.500. The minimum atomic E-state index is -2.76. The van der Waals surface area contributed by atoms with Crippen LogP contribution in [0.15, 0.2) is 18.2 Å². The molecule has 1 aromatic rings. The maximum absolute atomic E-state index is 12.1. The van der Waals surface area contributed by atoms with Gasteiger partial charge in [-0.05, 0) is 36.5 Å². The van der Waals surface area contributed by atoms with E-state index in [1.165, 1.54) is 0 Å². The van der Waals surface area contributed by atoms with Crippen LogP contribution in [0.25, 0.3) is 0 Å². The lowest BCUT2D eigenvalue weighted by atomic mass is 10.0. The molecule has 16 heavy (non-hydrogen) atoms. The summed E-state index contributed by atoms with van der Waals surface area (Å²) in [6, 6.07) is 5.32. The van der Waals surface area contributed by atoms with Gasteiger partial charge >= 0.3 is 6.61 Å². The van der Waals surface area contributed by atoms with Crippen LogP contribution in [0.2, 0.25) is 0 Å². The summed E-state index contributed by atoms with van der Waals surface area (Å²) in [5.41, 5.74) is 1.92. The fourth-order valence-corrected chi connectivity index (χ4v) is 1.68. The molecule has 0 aliphatic heterocycles. The minimum Gasteiger partial charge on any atom is -0.435 e. The first-order chi connectivity index (χ1) is 7.67. The van der Waals surface area contributed by atoms with Gasteiger partial charge in [0.05, 0.1) is 0 Å². The molecule has 0 saturated heterocycles. The van der Waals surface area contributed by atoms with Crippen LogP contribution in [0.5, 0.6) is 5.75 Å². The van der Waals surface area contributed by atoms with Crippen LogP contribution >= 0.6 is 11.6 Å².